The van der Waals surface area contributed by atoms with E-state index in [-0.39, 0.29) is 17.4 Å². The first-order valence-electron chi connectivity index (χ1n) is 10.7. The standard InChI is InChI=1S/C25H35NO3S/c1-7-22(26-5)20-9-10-23(21(16-20)25(27)30-6)29-24(8-2)28-12-11-19-14-17(3)13-18(4)15-19/h9-10,13-16,22,24,26H,7-8,11-12H2,1-6H3. The average molecular weight is 430 g/mol. The zero-order valence-electron chi connectivity index (χ0n) is 19.1. The van der Waals surface area contributed by atoms with E-state index in [2.05, 4.69) is 44.3 Å². The van der Waals surface area contributed by atoms with Crippen molar-refractivity contribution < 1.29 is 14.3 Å². The Morgan fingerprint density at radius 3 is 2.33 bits per heavy atom. The summed E-state index contributed by atoms with van der Waals surface area (Å²) in [5.74, 6) is 0.585. The van der Waals surface area contributed by atoms with Crippen LogP contribution in [0.1, 0.15) is 65.3 Å². The van der Waals surface area contributed by atoms with Gasteiger partial charge in [-0.25, -0.2) is 0 Å². The summed E-state index contributed by atoms with van der Waals surface area (Å²) in [6.45, 7) is 8.95. The van der Waals surface area contributed by atoms with E-state index in [0.29, 0.717) is 24.3 Å². The summed E-state index contributed by atoms with van der Waals surface area (Å²) in [5.41, 5.74) is 5.49. The van der Waals surface area contributed by atoms with E-state index in [1.807, 2.05) is 32.2 Å². The lowest BCUT2D eigenvalue weighted by Crippen LogP contribution is -2.22. The fourth-order valence-corrected chi connectivity index (χ4v) is 4.02. The maximum atomic E-state index is 12.5. The van der Waals surface area contributed by atoms with Gasteiger partial charge in [0.25, 0.3) is 0 Å². The van der Waals surface area contributed by atoms with Gasteiger partial charge in [-0.05, 0) is 63.3 Å². The monoisotopic (exact) mass is 429 g/mol. The van der Waals surface area contributed by atoms with Crippen LogP contribution >= 0.6 is 11.8 Å². The summed E-state index contributed by atoms with van der Waals surface area (Å²) < 4.78 is 12.1. The molecule has 0 saturated heterocycles. The Kier molecular flexibility index (Phi) is 9.89. The molecule has 2 atom stereocenters. The molecule has 0 aliphatic heterocycles. The molecule has 2 unspecified atom stereocenters. The van der Waals surface area contributed by atoms with Crippen LogP contribution in [0.15, 0.2) is 36.4 Å². The zero-order valence-corrected chi connectivity index (χ0v) is 19.9. The fourth-order valence-electron chi connectivity index (χ4n) is 3.64. The molecule has 4 nitrogen and oxygen atoms in total. The molecule has 164 valence electrons. The van der Waals surface area contributed by atoms with Crippen molar-refractivity contribution in [2.75, 3.05) is 19.9 Å². The Morgan fingerprint density at radius 2 is 1.77 bits per heavy atom. The number of ether oxygens (including phenoxy) is 2. The minimum atomic E-state index is -0.388. The van der Waals surface area contributed by atoms with Crippen LogP contribution in [0.2, 0.25) is 0 Å². The van der Waals surface area contributed by atoms with Crippen molar-refractivity contribution in [1.29, 1.82) is 0 Å². The molecule has 2 aromatic rings. The Morgan fingerprint density at radius 1 is 1.07 bits per heavy atom. The van der Waals surface area contributed by atoms with Gasteiger partial charge >= 0.3 is 0 Å². The van der Waals surface area contributed by atoms with Crippen molar-refractivity contribution in [2.45, 2.75) is 59.3 Å². The molecule has 0 amide bonds. The number of benzene rings is 2. The van der Waals surface area contributed by atoms with Gasteiger partial charge in [0.15, 0.2) is 6.29 Å². The van der Waals surface area contributed by atoms with Crippen LogP contribution in [0.25, 0.3) is 0 Å². The van der Waals surface area contributed by atoms with E-state index >= 15 is 0 Å². The van der Waals surface area contributed by atoms with E-state index in [1.54, 1.807) is 6.26 Å². The highest BCUT2D eigenvalue weighted by Gasteiger charge is 2.19. The van der Waals surface area contributed by atoms with E-state index in [9.17, 15) is 4.79 Å². The number of carbonyl (C=O) groups is 1. The van der Waals surface area contributed by atoms with Crippen LogP contribution < -0.4 is 10.1 Å². The molecule has 0 aliphatic rings. The van der Waals surface area contributed by atoms with Crippen molar-refractivity contribution in [3.05, 3.63) is 64.2 Å². The van der Waals surface area contributed by atoms with Crippen LogP contribution in [0, 0.1) is 13.8 Å². The number of aryl methyl sites for hydroxylation is 2. The normalized spacial score (nSPS) is 13.1. The van der Waals surface area contributed by atoms with Gasteiger partial charge in [0.05, 0.1) is 12.2 Å². The predicted octanol–water partition coefficient (Wildman–Crippen LogP) is 5.85. The third-order valence-corrected chi connectivity index (χ3v) is 5.73. The Hall–Kier alpha value is -1.82. The molecule has 0 aromatic heterocycles. The second kappa shape index (κ2) is 12.1. The van der Waals surface area contributed by atoms with Crippen molar-refractivity contribution in [3.8, 4) is 5.75 Å². The van der Waals surface area contributed by atoms with Crippen LogP contribution in [-0.2, 0) is 11.2 Å². The lowest BCUT2D eigenvalue weighted by Gasteiger charge is -2.21. The summed E-state index contributed by atoms with van der Waals surface area (Å²) in [4.78, 5) is 12.5. The van der Waals surface area contributed by atoms with Gasteiger partial charge in [-0.15, -0.1) is 0 Å². The quantitative estimate of drug-likeness (QED) is 0.454. The first-order valence-corrected chi connectivity index (χ1v) is 11.9. The Bertz CT molecular complexity index is 813. The van der Waals surface area contributed by atoms with Gasteiger partial charge in [0.1, 0.15) is 5.75 Å². The number of rotatable bonds is 11. The van der Waals surface area contributed by atoms with Gasteiger partial charge in [-0.2, -0.15) is 0 Å². The van der Waals surface area contributed by atoms with Gasteiger partial charge in [0.2, 0.25) is 5.12 Å². The molecule has 0 spiro atoms. The van der Waals surface area contributed by atoms with Crippen molar-refractivity contribution in [3.63, 3.8) is 0 Å². The SMILES string of the molecule is CCC(OCCc1cc(C)cc(C)c1)Oc1ccc(C(CC)NC)cc1C(=O)SC. The molecule has 0 saturated carbocycles. The number of hydrogen-bond donors (Lipinski definition) is 1. The molecule has 0 bridgehead atoms. The van der Waals surface area contributed by atoms with Gasteiger partial charge in [-0.3, -0.25) is 4.79 Å². The molecule has 5 heteroatoms. The third kappa shape index (κ3) is 6.86. The molecule has 0 heterocycles. The number of carbonyl (C=O) groups excluding carboxylic acids is 1. The van der Waals surface area contributed by atoms with Crippen molar-refractivity contribution in [1.82, 2.24) is 5.32 Å². The largest absolute Gasteiger partial charge is 0.464 e. The number of nitrogens with one attached hydrogen (secondary N) is 1. The van der Waals surface area contributed by atoms with E-state index in [1.165, 1.54) is 28.5 Å². The second-order valence-corrected chi connectivity index (χ2v) is 8.35. The summed E-state index contributed by atoms with van der Waals surface area (Å²) in [6.07, 6.45) is 3.89. The van der Waals surface area contributed by atoms with E-state index in [0.717, 1.165) is 18.4 Å². The number of thioether (sulfide) groups is 1. The summed E-state index contributed by atoms with van der Waals surface area (Å²) in [6, 6.07) is 12.6. The first-order chi connectivity index (χ1) is 14.4. The minimum absolute atomic E-state index is 0.00268. The van der Waals surface area contributed by atoms with Gasteiger partial charge in [0, 0.05) is 12.5 Å². The van der Waals surface area contributed by atoms with Gasteiger partial charge in [-0.1, -0.05) is 61.0 Å². The molecule has 0 aliphatic carbocycles. The maximum Gasteiger partial charge on any atom is 0.222 e. The third-order valence-electron chi connectivity index (χ3n) is 5.14. The highest BCUT2D eigenvalue weighted by atomic mass is 32.2. The molecule has 1 N–H and O–H groups in total. The second-order valence-electron chi connectivity index (χ2n) is 7.57. The topological polar surface area (TPSA) is 47.6 Å². The lowest BCUT2D eigenvalue weighted by atomic mass is 10.0. The Balaban J connectivity index is 2.10. The number of hydrogen-bond acceptors (Lipinski definition) is 5. The Labute approximate surface area is 185 Å². The average Bonchev–Trinajstić information content (AvgIpc) is 2.73. The van der Waals surface area contributed by atoms with Crippen molar-refractivity contribution >= 4 is 16.9 Å². The van der Waals surface area contributed by atoms with Crippen LogP contribution in [0.3, 0.4) is 0 Å². The van der Waals surface area contributed by atoms with Crippen LogP contribution in [0.5, 0.6) is 5.75 Å². The highest BCUT2D eigenvalue weighted by molar-refractivity contribution is 8.13. The zero-order chi connectivity index (χ0) is 22.1. The van der Waals surface area contributed by atoms with Crippen molar-refractivity contribution in [2.24, 2.45) is 0 Å². The molecule has 0 radical (unpaired) electrons. The van der Waals surface area contributed by atoms with E-state index in [4.69, 9.17) is 9.47 Å². The molecule has 2 aromatic carbocycles. The molecular formula is C25H35NO3S. The summed E-state index contributed by atoms with van der Waals surface area (Å²) in [5, 5.41) is 3.29. The van der Waals surface area contributed by atoms with Gasteiger partial charge < -0.3 is 14.8 Å². The maximum absolute atomic E-state index is 12.5. The van der Waals surface area contributed by atoms with Crippen LogP contribution in [-0.4, -0.2) is 31.3 Å². The summed E-state index contributed by atoms with van der Waals surface area (Å²) in [7, 11) is 1.94. The predicted molar refractivity (Wildman–Crippen MR) is 127 cm³/mol. The van der Waals surface area contributed by atoms with Crippen LogP contribution in [0.4, 0.5) is 0 Å². The molecule has 30 heavy (non-hydrogen) atoms. The molecular weight excluding hydrogens is 394 g/mol. The molecule has 2 rings (SSSR count). The fraction of sp³-hybridized carbons (Fsp3) is 0.480. The first kappa shape index (κ1) is 24.4. The summed E-state index contributed by atoms with van der Waals surface area (Å²) >= 11 is 1.20. The van der Waals surface area contributed by atoms with E-state index < -0.39 is 0 Å². The minimum Gasteiger partial charge on any atom is -0.464 e. The molecule has 0 fully saturated rings. The smallest absolute Gasteiger partial charge is 0.222 e. The highest BCUT2D eigenvalue weighted by Crippen LogP contribution is 2.29. The lowest BCUT2D eigenvalue weighted by molar-refractivity contribution is -0.0806.